The quantitative estimate of drug-likeness (QED) is 0.847. The van der Waals surface area contributed by atoms with E-state index >= 15 is 0 Å². The first kappa shape index (κ1) is 11.5. The Kier molecular flexibility index (Phi) is 2.93. The lowest BCUT2D eigenvalue weighted by molar-refractivity contribution is -0.138. The molecule has 0 spiro atoms. The van der Waals surface area contributed by atoms with Gasteiger partial charge >= 0.3 is 6.18 Å². The minimum atomic E-state index is -4.28. The van der Waals surface area contributed by atoms with Crippen molar-refractivity contribution < 1.29 is 13.2 Å². The standard InChI is InChI=1S/C12H14F3N/c13-12(14,15)10-4-2-1-3-9(10)7-11(16)8-5-6-8/h1-4,8,11H,5-7,16H2. The average molecular weight is 229 g/mol. The number of hydrogen-bond donors (Lipinski definition) is 1. The normalized spacial score (nSPS) is 18.5. The molecule has 1 atom stereocenters. The Hall–Kier alpha value is -1.03. The third-order valence-electron chi connectivity index (χ3n) is 3.01. The Balaban J connectivity index is 2.19. The highest BCUT2D eigenvalue weighted by Gasteiger charge is 2.35. The van der Waals surface area contributed by atoms with E-state index < -0.39 is 11.7 Å². The van der Waals surface area contributed by atoms with Gasteiger partial charge in [0.1, 0.15) is 0 Å². The van der Waals surface area contributed by atoms with E-state index in [4.69, 9.17) is 5.73 Å². The van der Waals surface area contributed by atoms with Crippen molar-refractivity contribution in [2.24, 2.45) is 11.7 Å². The molecular formula is C12H14F3N. The molecule has 1 fully saturated rings. The maximum atomic E-state index is 12.7. The van der Waals surface area contributed by atoms with Gasteiger partial charge < -0.3 is 5.73 Å². The molecule has 0 bridgehead atoms. The molecule has 0 amide bonds. The van der Waals surface area contributed by atoms with Gasteiger partial charge in [-0.15, -0.1) is 0 Å². The summed E-state index contributed by atoms with van der Waals surface area (Å²) in [5.41, 5.74) is 5.62. The number of benzene rings is 1. The molecule has 1 aromatic carbocycles. The molecule has 88 valence electrons. The lowest BCUT2D eigenvalue weighted by Crippen LogP contribution is -2.26. The number of nitrogens with two attached hydrogens (primary N) is 1. The van der Waals surface area contributed by atoms with Gasteiger partial charge in [-0.25, -0.2) is 0 Å². The van der Waals surface area contributed by atoms with Crippen LogP contribution in [-0.4, -0.2) is 6.04 Å². The van der Waals surface area contributed by atoms with E-state index in [1.807, 2.05) is 0 Å². The van der Waals surface area contributed by atoms with Crippen LogP contribution in [0.4, 0.5) is 13.2 Å². The first-order chi connectivity index (χ1) is 7.48. The van der Waals surface area contributed by atoms with Crippen LogP contribution in [-0.2, 0) is 12.6 Å². The van der Waals surface area contributed by atoms with Gasteiger partial charge in [-0.2, -0.15) is 13.2 Å². The highest BCUT2D eigenvalue weighted by atomic mass is 19.4. The highest BCUT2D eigenvalue weighted by Crippen LogP contribution is 2.36. The van der Waals surface area contributed by atoms with Crippen LogP contribution in [0.5, 0.6) is 0 Å². The number of halogens is 3. The van der Waals surface area contributed by atoms with Crippen molar-refractivity contribution in [3.8, 4) is 0 Å². The Morgan fingerprint density at radius 1 is 1.25 bits per heavy atom. The van der Waals surface area contributed by atoms with Gasteiger partial charge in [-0.3, -0.25) is 0 Å². The van der Waals surface area contributed by atoms with Crippen LogP contribution in [0.2, 0.25) is 0 Å². The smallest absolute Gasteiger partial charge is 0.327 e. The second-order valence-corrected chi connectivity index (χ2v) is 4.36. The van der Waals surface area contributed by atoms with Crippen molar-refractivity contribution in [2.75, 3.05) is 0 Å². The molecule has 0 aromatic heterocycles. The minimum absolute atomic E-state index is 0.136. The SMILES string of the molecule is NC(Cc1ccccc1C(F)(F)F)C1CC1. The van der Waals surface area contributed by atoms with Gasteiger partial charge in [0.05, 0.1) is 5.56 Å². The zero-order valence-corrected chi connectivity index (χ0v) is 8.80. The molecule has 0 radical (unpaired) electrons. The van der Waals surface area contributed by atoms with E-state index in [1.54, 1.807) is 6.07 Å². The summed E-state index contributed by atoms with van der Waals surface area (Å²) < 4.78 is 38.0. The minimum Gasteiger partial charge on any atom is -0.327 e. The summed E-state index contributed by atoms with van der Waals surface area (Å²) >= 11 is 0. The Labute approximate surface area is 92.5 Å². The van der Waals surface area contributed by atoms with E-state index in [0.29, 0.717) is 17.9 Å². The molecule has 2 N–H and O–H groups in total. The summed E-state index contributed by atoms with van der Waals surface area (Å²) in [6.07, 6.45) is -1.86. The van der Waals surface area contributed by atoms with E-state index in [2.05, 4.69) is 0 Å². The second-order valence-electron chi connectivity index (χ2n) is 4.36. The van der Waals surface area contributed by atoms with Crippen molar-refractivity contribution in [1.29, 1.82) is 0 Å². The van der Waals surface area contributed by atoms with Gasteiger partial charge in [0.15, 0.2) is 0 Å². The van der Waals surface area contributed by atoms with Crippen LogP contribution in [0.3, 0.4) is 0 Å². The summed E-state index contributed by atoms with van der Waals surface area (Å²) in [5, 5.41) is 0. The zero-order valence-electron chi connectivity index (χ0n) is 8.80. The molecular weight excluding hydrogens is 215 g/mol. The van der Waals surface area contributed by atoms with E-state index in [-0.39, 0.29) is 6.04 Å². The molecule has 1 aliphatic rings. The van der Waals surface area contributed by atoms with Crippen LogP contribution in [0, 0.1) is 5.92 Å². The Bertz CT molecular complexity index is 369. The van der Waals surface area contributed by atoms with Crippen LogP contribution < -0.4 is 5.73 Å². The van der Waals surface area contributed by atoms with Crippen LogP contribution in [0.15, 0.2) is 24.3 Å². The lowest BCUT2D eigenvalue weighted by Gasteiger charge is -2.15. The maximum Gasteiger partial charge on any atom is 0.416 e. The molecule has 1 nitrogen and oxygen atoms in total. The fourth-order valence-corrected chi connectivity index (χ4v) is 1.92. The topological polar surface area (TPSA) is 26.0 Å². The third-order valence-corrected chi connectivity index (χ3v) is 3.01. The number of rotatable bonds is 3. The zero-order chi connectivity index (χ0) is 11.8. The van der Waals surface area contributed by atoms with Crippen molar-refractivity contribution >= 4 is 0 Å². The lowest BCUT2D eigenvalue weighted by atomic mass is 9.98. The molecule has 16 heavy (non-hydrogen) atoms. The van der Waals surface area contributed by atoms with Crippen molar-refractivity contribution in [2.45, 2.75) is 31.5 Å². The largest absolute Gasteiger partial charge is 0.416 e. The molecule has 1 saturated carbocycles. The predicted octanol–water partition coefficient (Wildman–Crippen LogP) is 2.99. The summed E-state index contributed by atoms with van der Waals surface area (Å²) in [6, 6.07) is 5.54. The van der Waals surface area contributed by atoms with Crippen molar-refractivity contribution in [3.63, 3.8) is 0 Å². The highest BCUT2D eigenvalue weighted by molar-refractivity contribution is 5.30. The predicted molar refractivity (Wildman–Crippen MR) is 55.8 cm³/mol. The van der Waals surface area contributed by atoms with E-state index in [1.165, 1.54) is 12.1 Å². The van der Waals surface area contributed by atoms with Crippen LogP contribution in [0.1, 0.15) is 24.0 Å². The van der Waals surface area contributed by atoms with Crippen LogP contribution in [0.25, 0.3) is 0 Å². The molecule has 0 saturated heterocycles. The van der Waals surface area contributed by atoms with Crippen molar-refractivity contribution in [3.05, 3.63) is 35.4 Å². The van der Waals surface area contributed by atoms with Gasteiger partial charge in [-0.1, -0.05) is 18.2 Å². The van der Waals surface area contributed by atoms with Gasteiger partial charge in [-0.05, 0) is 36.8 Å². The summed E-state index contributed by atoms with van der Waals surface area (Å²) in [4.78, 5) is 0. The molecule has 2 rings (SSSR count). The third kappa shape index (κ3) is 2.55. The molecule has 4 heteroatoms. The molecule has 1 unspecified atom stereocenters. The van der Waals surface area contributed by atoms with E-state index in [0.717, 1.165) is 18.9 Å². The molecule has 0 aliphatic heterocycles. The molecule has 1 aliphatic carbocycles. The number of hydrogen-bond acceptors (Lipinski definition) is 1. The van der Waals surface area contributed by atoms with Gasteiger partial charge in [0.25, 0.3) is 0 Å². The second kappa shape index (κ2) is 4.09. The summed E-state index contributed by atoms with van der Waals surface area (Å²) in [5.74, 6) is 0.418. The monoisotopic (exact) mass is 229 g/mol. The number of alkyl halides is 3. The summed E-state index contributed by atoms with van der Waals surface area (Å²) in [6.45, 7) is 0. The Morgan fingerprint density at radius 3 is 2.44 bits per heavy atom. The average Bonchev–Trinajstić information content (AvgIpc) is 2.99. The van der Waals surface area contributed by atoms with Crippen LogP contribution >= 0.6 is 0 Å². The summed E-state index contributed by atoms with van der Waals surface area (Å²) in [7, 11) is 0. The van der Waals surface area contributed by atoms with Gasteiger partial charge in [0, 0.05) is 6.04 Å². The first-order valence-electron chi connectivity index (χ1n) is 5.39. The van der Waals surface area contributed by atoms with Crippen molar-refractivity contribution in [1.82, 2.24) is 0 Å². The molecule has 0 heterocycles. The fraction of sp³-hybridized carbons (Fsp3) is 0.500. The fourth-order valence-electron chi connectivity index (χ4n) is 1.92. The Morgan fingerprint density at radius 2 is 1.88 bits per heavy atom. The maximum absolute atomic E-state index is 12.7. The molecule has 1 aromatic rings. The van der Waals surface area contributed by atoms with E-state index in [9.17, 15) is 13.2 Å². The first-order valence-corrected chi connectivity index (χ1v) is 5.39. The van der Waals surface area contributed by atoms with Gasteiger partial charge in [0.2, 0.25) is 0 Å².